The van der Waals surface area contributed by atoms with Crippen molar-refractivity contribution in [3.8, 4) is 0 Å². The monoisotopic (exact) mass is 241 g/mol. The summed E-state index contributed by atoms with van der Waals surface area (Å²) in [6.45, 7) is 16.5. The summed E-state index contributed by atoms with van der Waals surface area (Å²) >= 11 is 0. The van der Waals surface area contributed by atoms with Crippen molar-refractivity contribution >= 4 is 0 Å². The van der Waals surface area contributed by atoms with E-state index in [1.54, 1.807) is 0 Å². The van der Waals surface area contributed by atoms with Crippen molar-refractivity contribution in [1.29, 1.82) is 0 Å². The van der Waals surface area contributed by atoms with Crippen LogP contribution < -0.4 is 5.32 Å². The summed E-state index contributed by atoms with van der Waals surface area (Å²) in [6, 6.07) is 1.34. The van der Waals surface area contributed by atoms with Gasteiger partial charge in [0.1, 0.15) is 0 Å². The van der Waals surface area contributed by atoms with Crippen LogP contribution in [0.5, 0.6) is 0 Å². The van der Waals surface area contributed by atoms with E-state index in [0.29, 0.717) is 6.04 Å². The minimum atomic E-state index is 0.614. The maximum atomic E-state index is 3.51. The van der Waals surface area contributed by atoms with E-state index in [-0.39, 0.29) is 0 Å². The Morgan fingerprint density at radius 2 is 1.71 bits per heavy atom. The summed E-state index contributed by atoms with van der Waals surface area (Å²) in [4.78, 5) is 5.24. The molecule has 1 rings (SSSR count). The van der Waals surface area contributed by atoms with Gasteiger partial charge in [0, 0.05) is 38.3 Å². The average Bonchev–Trinajstić information content (AvgIpc) is 2.30. The number of rotatable bonds is 7. The van der Waals surface area contributed by atoms with E-state index in [4.69, 9.17) is 0 Å². The van der Waals surface area contributed by atoms with Gasteiger partial charge < -0.3 is 10.2 Å². The molecular weight excluding hydrogens is 210 g/mol. The van der Waals surface area contributed by atoms with Gasteiger partial charge in [-0.15, -0.1) is 0 Å². The lowest BCUT2D eigenvalue weighted by Gasteiger charge is -2.38. The van der Waals surface area contributed by atoms with Crippen LogP contribution in [0, 0.1) is 0 Å². The van der Waals surface area contributed by atoms with E-state index in [0.717, 1.165) is 12.6 Å². The van der Waals surface area contributed by atoms with Crippen molar-refractivity contribution in [2.45, 2.75) is 52.6 Å². The van der Waals surface area contributed by atoms with Gasteiger partial charge >= 0.3 is 0 Å². The molecule has 0 aromatic rings. The first-order chi connectivity index (χ1) is 8.13. The molecule has 0 aliphatic carbocycles. The van der Waals surface area contributed by atoms with Crippen LogP contribution in [0.15, 0.2) is 0 Å². The van der Waals surface area contributed by atoms with Crippen LogP contribution in [-0.4, -0.2) is 61.2 Å². The number of hydrogen-bond acceptors (Lipinski definition) is 3. The van der Waals surface area contributed by atoms with Gasteiger partial charge in [-0.1, -0.05) is 20.8 Å². The Morgan fingerprint density at radius 1 is 1.06 bits per heavy atom. The largest absolute Gasteiger partial charge is 0.314 e. The zero-order valence-corrected chi connectivity index (χ0v) is 12.2. The Bertz CT molecular complexity index is 186. The molecule has 1 atom stereocenters. The second kappa shape index (κ2) is 8.06. The molecule has 0 radical (unpaired) electrons. The third-order valence-corrected chi connectivity index (χ3v) is 3.68. The highest BCUT2D eigenvalue weighted by molar-refractivity contribution is 4.76. The minimum absolute atomic E-state index is 0.614. The molecule has 0 amide bonds. The Hall–Kier alpha value is -0.120. The first kappa shape index (κ1) is 14.9. The van der Waals surface area contributed by atoms with Crippen molar-refractivity contribution in [2.75, 3.05) is 39.3 Å². The predicted octanol–water partition coefficient (Wildman–Crippen LogP) is 1.79. The summed E-state index contributed by atoms with van der Waals surface area (Å²) in [6.07, 6.45) is 2.56. The fraction of sp³-hybridized carbons (Fsp3) is 1.00. The van der Waals surface area contributed by atoms with E-state index in [9.17, 15) is 0 Å². The van der Waals surface area contributed by atoms with Crippen LogP contribution in [-0.2, 0) is 0 Å². The number of nitrogens with zero attached hydrogens (tertiary/aromatic N) is 2. The second-order valence-corrected chi connectivity index (χ2v) is 5.62. The molecule has 1 saturated heterocycles. The van der Waals surface area contributed by atoms with Gasteiger partial charge in [0.25, 0.3) is 0 Å². The summed E-state index contributed by atoms with van der Waals surface area (Å²) < 4.78 is 0. The highest BCUT2D eigenvalue weighted by Crippen LogP contribution is 2.09. The molecule has 3 nitrogen and oxygen atoms in total. The lowest BCUT2D eigenvalue weighted by molar-refractivity contribution is 0.0987. The predicted molar refractivity (Wildman–Crippen MR) is 75.5 cm³/mol. The summed E-state index contributed by atoms with van der Waals surface area (Å²) in [5.41, 5.74) is 0. The van der Waals surface area contributed by atoms with Crippen molar-refractivity contribution in [2.24, 2.45) is 0 Å². The first-order valence-electron chi connectivity index (χ1n) is 7.33. The van der Waals surface area contributed by atoms with E-state index in [1.165, 1.54) is 45.6 Å². The number of nitrogens with one attached hydrogen (secondary N) is 1. The van der Waals surface area contributed by atoms with Crippen LogP contribution in [0.25, 0.3) is 0 Å². The minimum Gasteiger partial charge on any atom is -0.314 e. The quantitative estimate of drug-likeness (QED) is 0.733. The van der Waals surface area contributed by atoms with Crippen molar-refractivity contribution < 1.29 is 0 Å². The lowest BCUT2D eigenvalue weighted by Crippen LogP contribution is -2.50. The Kier molecular flexibility index (Phi) is 7.09. The molecule has 1 unspecified atom stereocenters. The van der Waals surface area contributed by atoms with Crippen LogP contribution in [0.2, 0.25) is 0 Å². The molecule has 0 saturated carbocycles. The van der Waals surface area contributed by atoms with Crippen molar-refractivity contribution in [1.82, 2.24) is 15.1 Å². The van der Waals surface area contributed by atoms with Crippen LogP contribution in [0.1, 0.15) is 40.5 Å². The normalized spacial score (nSPS) is 21.0. The summed E-state index contributed by atoms with van der Waals surface area (Å²) in [5, 5.41) is 3.51. The maximum absolute atomic E-state index is 3.51. The number of hydrogen-bond donors (Lipinski definition) is 1. The van der Waals surface area contributed by atoms with E-state index in [2.05, 4.69) is 42.8 Å². The van der Waals surface area contributed by atoms with E-state index >= 15 is 0 Å². The summed E-state index contributed by atoms with van der Waals surface area (Å²) in [5.74, 6) is 0. The molecule has 0 spiro atoms. The topological polar surface area (TPSA) is 18.5 Å². The van der Waals surface area contributed by atoms with E-state index < -0.39 is 0 Å². The van der Waals surface area contributed by atoms with Crippen molar-refractivity contribution in [3.05, 3.63) is 0 Å². The lowest BCUT2D eigenvalue weighted by atomic mass is 10.1. The molecule has 1 heterocycles. The molecule has 17 heavy (non-hydrogen) atoms. The van der Waals surface area contributed by atoms with Gasteiger partial charge in [-0.25, -0.2) is 0 Å². The molecule has 0 aromatic carbocycles. The van der Waals surface area contributed by atoms with Crippen LogP contribution in [0.3, 0.4) is 0 Å². The van der Waals surface area contributed by atoms with Crippen LogP contribution >= 0.6 is 0 Å². The molecule has 1 aliphatic rings. The van der Waals surface area contributed by atoms with Crippen molar-refractivity contribution in [3.63, 3.8) is 0 Å². The third kappa shape index (κ3) is 5.84. The SMILES string of the molecule is CCCN1CCN(C(C)CCNC(C)C)CC1. The standard InChI is InChI=1S/C14H31N3/c1-5-8-16-9-11-17(12-10-16)14(4)6-7-15-13(2)3/h13-15H,5-12H2,1-4H3. The molecule has 0 bridgehead atoms. The van der Waals surface area contributed by atoms with E-state index in [1.807, 2.05) is 0 Å². The van der Waals surface area contributed by atoms with Crippen LogP contribution in [0.4, 0.5) is 0 Å². The highest BCUT2D eigenvalue weighted by Gasteiger charge is 2.19. The smallest absolute Gasteiger partial charge is 0.0113 e. The van der Waals surface area contributed by atoms with Gasteiger partial charge in [-0.05, 0) is 32.9 Å². The molecule has 0 aromatic heterocycles. The molecule has 1 fully saturated rings. The van der Waals surface area contributed by atoms with Gasteiger partial charge in [0.05, 0.1) is 0 Å². The van der Waals surface area contributed by atoms with Gasteiger partial charge in [0.15, 0.2) is 0 Å². The highest BCUT2D eigenvalue weighted by atomic mass is 15.3. The third-order valence-electron chi connectivity index (χ3n) is 3.68. The fourth-order valence-corrected chi connectivity index (χ4v) is 2.51. The fourth-order valence-electron chi connectivity index (χ4n) is 2.51. The van der Waals surface area contributed by atoms with Gasteiger partial charge in [-0.3, -0.25) is 4.90 Å². The Morgan fingerprint density at radius 3 is 2.24 bits per heavy atom. The molecular formula is C14H31N3. The zero-order valence-electron chi connectivity index (χ0n) is 12.2. The van der Waals surface area contributed by atoms with Gasteiger partial charge in [-0.2, -0.15) is 0 Å². The number of piperazine rings is 1. The molecule has 1 N–H and O–H groups in total. The molecule has 102 valence electrons. The molecule has 3 heteroatoms. The Balaban J connectivity index is 2.14. The maximum Gasteiger partial charge on any atom is 0.0113 e. The first-order valence-corrected chi connectivity index (χ1v) is 7.33. The summed E-state index contributed by atoms with van der Waals surface area (Å²) in [7, 11) is 0. The Labute approximate surface area is 108 Å². The molecule has 1 aliphatic heterocycles. The van der Waals surface area contributed by atoms with Gasteiger partial charge in [0.2, 0.25) is 0 Å². The average molecular weight is 241 g/mol. The second-order valence-electron chi connectivity index (χ2n) is 5.62. The zero-order chi connectivity index (χ0) is 12.7.